The number of rotatable bonds is 7. The fourth-order valence-corrected chi connectivity index (χ4v) is 2.73. The van der Waals surface area contributed by atoms with Crippen molar-refractivity contribution in [1.29, 1.82) is 0 Å². The number of aromatic nitrogens is 3. The van der Waals surface area contributed by atoms with Crippen LogP contribution in [-0.4, -0.2) is 33.6 Å². The number of hydrogen-bond acceptors (Lipinski definition) is 4. The van der Waals surface area contributed by atoms with E-state index in [1.165, 1.54) is 0 Å². The van der Waals surface area contributed by atoms with Crippen LogP contribution in [0.1, 0.15) is 18.3 Å². The third-order valence-electron chi connectivity index (χ3n) is 3.99. The van der Waals surface area contributed by atoms with Crippen molar-refractivity contribution < 1.29 is 9.53 Å². The number of hydrogen-bond donors (Lipinski definition) is 1. The van der Waals surface area contributed by atoms with Gasteiger partial charge in [-0.05, 0) is 36.8 Å². The first-order chi connectivity index (χ1) is 12.2. The Hall–Kier alpha value is -2.89. The molecule has 3 aromatic rings. The lowest BCUT2D eigenvalue weighted by molar-refractivity contribution is -0.120. The molecule has 0 radical (unpaired) electrons. The van der Waals surface area contributed by atoms with Crippen molar-refractivity contribution in [3.05, 3.63) is 54.0 Å². The molecule has 0 bridgehead atoms. The van der Waals surface area contributed by atoms with Gasteiger partial charge in [-0.3, -0.25) is 4.79 Å². The Morgan fingerprint density at radius 3 is 2.76 bits per heavy atom. The molecule has 25 heavy (non-hydrogen) atoms. The highest BCUT2D eigenvalue weighted by Crippen LogP contribution is 2.13. The van der Waals surface area contributed by atoms with Gasteiger partial charge in [-0.2, -0.15) is 0 Å². The molecule has 2 heterocycles. The van der Waals surface area contributed by atoms with Crippen molar-refractivity contribution in [3.8, 4) is 5.75 Å². The van der Waals surface area contributed by atoms with Crippen LogP contribution in [0.15, 0.2) is 42.6 Å². The quantitative estimate of drug-likeness (QED) is 0.717. The number of carbonyl (C=O) groups is 1. The van der Waals surface area contributed by atoms with Crippen molar-refractivity contribution in [3.63, 3.8) is 0 Å². The van der Waals surface area contributed by atoms with Crippen molar-refractivity contribution in [2.45, 2.75) is 19.8 Å². The third kappa shape index (κ3) is 4.15. The predicted molar refractivity (Wildman–Crippen MR) is 96.5 cm³/mol. The smallest absolute Gasteiger partial charge is 0.224 e. The Morgan fingerprint density at radius 1 is 1.24 bits per heavy atom. The third-order valence-corrected chi connectivity index (χ3v) is 3.99. The van der Waals surface area contributed by atoms with Crippen molar-refractivity contribution >= 4 is 17.1 Å². The molecule has 130 valence electrons. The highest BCUT2D eigenvalue weighted by atomic mass is 16.5. The summed E-state index contributed by atoms with van der Waals surface area (Å²) >= 11 is 0. The first kappa shape index (κ1) is 17.0. The van der Waals surface area contributed by atoms with Crippen LogP contribution >= 0.6 is 0 Å². The van der Waals surface area contributed by atoms with Gasteiger partial charge >= 0.3 is 0 Å². The number of carbonyl (C=O) groups excluding carboxylic acids is 1. The Kier molecular flexibility index (Phi) is 5.28. The maximum absolute atomic E-state index is 12.1. The normalized spacial score (nSPS) is 10.8. The Balaban J connectivity index is 1.51. The molecular weight excluding hydrogens is 316 g/mol. The van der Waals surface area contributed by atoms with E-state index in [9.17, 15) is 4.79 Å². The number of amides is 1. The molecule has 0 aliphatic heterocycles. The molecular formula is C19H22N4O2. The highest BCUT2D eigenvalue weighted by molar-refractivity contribution is 5.78. The predicted octanol–water partition coefficient (Wildman–Crippen LogP) is 2.27. The molecule has 3 rings (SSSR count). The highest BCUT2D eigenvalue weighted by Gasteiger charge is 2.09. The van der Waals surface area contributed by atoms with Crippen LogP contribution in [0.5, 0.6) is 5.75 Å². The molecule has 0 spiro atoms. The summed E-state index contributed by atoms with van der Waals surface area (Å²) in [6.07, 6.45) is 2.78. The van der Waals surface area contributed by atoms with E-state index < -0.39 is 0 Å². The minimum absolute atomic E-state index is 0.000971. The van der Waals surface area contributed by atoms with Crippen LogP contribution in [0.3, 0.4) is 0 Å². The van der Waals surface area contributed by atoms with E-state index in [0.29, 0.717) is 26.0 Å². The van der Waals surface area contributed by atoms with Crippen molar-refractivity contribution in [1.82, 2.24) is 19.9 Å². The van der Waals surface area contributed by atoms with E-state index in [1.807, 2.05) is 54.9 Å². The summed E-state index contributed by atoms with van der Waals surface area (Å²) in [5.41, 5.74) is 2.70. The lowest BCUT2D eigenvalue weighted by atomic mass is 10.1. The second-order valence-corrected chi connectivity index (χ2v) is 5.79. The van der Waals surface area contributed by atoms with E-state index in [1.54, 1.807) is 6.20 Å². The number of benzene rings is 1. The minimum atomic E-state index is 0.000971. The van der Waals surface area contributed by atoms with E-state index in [4.69, 9.17) is 4.74 Å². The molecule has 1 amide bonds. The second-order valence-electron chi connectivity index (χ2n) is 5.79. The second kappa shape index (κ2) is 7.79. The van der Waals surface area contributed by atoms with Crippen LogP contribution in [0.2, 0.25) is 0 Å². The molecule has 0 saturated carbocycles. The van der Waals surface area contributed by atoms with Gasteiger partial charge in [-0.15, -0.1) is 0 Å². The molecule has 0 fully saturated rings. The summed E-state index contributed by atoms with van der Waals surface area (Å²) in [7, 11) is 1.94. The summed E-state index contributed by atoms with van der Waals surface area (Å²) < 4.78 is 7.37. The zero-order valence-electron chi connectivity index (χ0n) is 14.5. The number of ether oxygens (including phenoxy) is 1. The number of aryl methyl sites for hydroxylation is 1. The number of nitrogens with one attached hydrogen (secondary N) is 1. The molecule has 0 aliphatic rings. The van der Waals surface area contributed by atoms with Crippen molar-refractivity contribution in [2.24, 2.45) is 7.05 Å². The fraction of sp³-hybridized carbons (Fsp3) is 0.316. The summed E-state index contributed by atoms with van der Waals surface area (Å²) in [5, 5.41) is 2.95. The molecule has 6 nitrogen and oxygen atoms in total. The Morgan fingerprint density at radius 2 is 2.04 bits per heavy atom. The summed E-state index contributed by atoms with van der Waals surface area (Å²) in [5.74, 6) is 1.73. The summed E-state index contributed by atoms with van der Waals surface area (Å²) in [4.78, 5) is 21.0. The molecule has 2 aromatic heterocycles. The van der Waals surface area contributed by atoms with Crippen LogP contribution in [0, 0.1) is 0 Å². The SMILES string of the molecule is CCOc1ccc(CC(=O)NCCc2nc3cccnc3n2C)cc1. The van der Waals surface area contributed by atoms with E-state index in [0.717, 1.165) is 28.3 Å². The number of pyridine rings is 1. The van der Waals surface area contributed by atoms with Gasteiger partial charge in [-0.25, -0.2) is 9.97 Å². The molecule has 0 aliphatic carbocycles. The number of imidazole rings is 1. The molecule has 0 saturated heterocycles. The summed E-state index contributed by atoms with van der Waals surface area (Å²) in [6.45, 7) is 3.13. The average molecular weight is 338 g/mol. The van der Waals surface area contributed by atoms with Gasteiger partial charge in [0.2, 0.25) is 5.91 Å². The average Bonchev–Trinajstić information content (AvgIpc) is 2.93. The topological polar surface area (TPSA) is 69.0 Å². The standard InChI is InChI=1S/C19H22N4O2/c1-3-25-15-8-6-14(7-9-15)13-18(24)20-12-10-17-22-16-5-4-11-21-19(16)23(17)2/h4-9,11H,3,10,12-13H2,1-2H3,(H,20,24). The van der Waals surface area contributed by atoms with E-state index in [-0.39, 0.29) is 5.91 Å². The first-order valence-corrected chi connectivity index (χ1v) is 8.42. The van der Waals surface area contributed by atoms with Gasteiger partial charge in [0.1, 0.15) is 17.1 Å². The van der Waals surface area contributed by atoms with Gasteiger partial charge in [-0.1, -0.05) is 12.1 Å². The zero-order chi connectivity index (χ0) is 17.6. The van der Waals surface area contributed by atoms with E-state index in [2.05, 4.69) is 15.3 Å². The van der Waals surface area contributed by atoms with Crippen LogP contribution < -0.4 is 10.1 Å². The summed E-state index contributed by atoms with van der Waals surface area (Å²) in [6, 6.07) is 11.4. The molecule has 0 atom stereocenters. The molecule has 0 unspecified atom stereocenters. The van der Waals surface area contributed by atoms with Crippen LogP contribution in [0.25, 0.3) is 11.2 Å². The first-order valence-electron chi connectivity index (χ1n) is 8.42. The molecule has 1 N–H and O–H groups in total. The van der Waals surface area contributed by atoms with Gasteiger partial charge in [0, 0.05) is 26.2 Å². The van der Waals surface area contributed by atoms with Crippen LogP contribution in [-0.2, 0) is 24.7 Å². The number of nitrogens with zero attached hydrogens (tertiary/aromatic N) is 3. The lowest BCUT2D eigenvalue weighted by Crippen LogP contribution is -2.27. The zero-order valence-corrected chi connectivity index (χ0v) is 14.5. The van der Waals surface area contributed by atoms with Gasteiger partial charge in [0.25, 0.3) is 0 Å². The van der Waals surface area contributed by atoms with Gasteiger partial charge in [0.15, 0.2) is 5.65 Å². The Bertz CT molecular complexity index is 855. The fourth-order valence-electron chi connectivity index (χ4n) is 2.73. The van der Waals surface area contributed by atoms with Crippen molar-refractivity contribution in [2.75, 3.05) is 13.2 Å². The molecule has 6 heteroatoms. The maximum atomic E-state index is 12.1. The number of fused-ring (bicyclic) bond motifs is 1. The minimum Gasteiger partial charge on any atom is -0.494 e. The largest absolute Gasteiger partial charge is 0.494 e. The Labute approximate surface area is 146 Å². The van der Waals surface area contributed by atoms with Gasteiger partial charge in [0.05, 0.1) is 13.0 Å². The lowest BCUT2D eigenvalue weighted by Gasteiger charge is -2.07. The van der Waals surface area contributed by atoms with Gasteiger partial charge < -0.3 is 14.6 Å². The van der Waals surface area contributed by atoms with E-state index >= 15 is 0 Å². The monoisotopic (exact) mass is 338 g/mol. The maximum Gasteiger partial charge on any atom is 0.224 e. The van der Waals surface area contributed by atoms with Crippen LogP contribution in [0.4, 0.5) is 0 Å². The molecule has 1 aromatic carbocycles.